The normalized spacial score (nSPS) is 12.2. The van der Waals surface area contributed by atoms with Crippen molar-refractivity contribution in [1.82, 2.24) is 0 Å². The van der Waals surface area contributed by atoms with Gasteiger partial charge in [0.15, 0.2) is 0 Å². The molecule has 19 heavy (non-hydrogen) atoms. The number of hydrogen-bond acceptors (Lipinski definition) is 4. The lowest BCUT2D eigenvalue weighted by Crippen LogP contribution is -2.26. The van der Waals surface area contributed by atoms with Gasteiger partial charge in [-0.3, -0.25) is 0 Å². The van der Waals surface area contributed by atoms with Crippen LogP contribution >= 0.6 is 0 Å². The van der Waals surface area contributed by atoms with Gasteiger partial charge in [0.1, 0.15) is 0 Å². The van der Waals surface area contributed by atoms with Gasteiger partial charge in [-0.1, -0.05) is 6.92 Å². The Morgan fingerprint density at radius 2 is 1.95 bits per heavy atom. The first-order valence-electron chi connectivity index (χ1n) is 6.96. The Kier molecular flexibility index (Phi) is 7.30. The number of rotatable bonds is 9. The molecule has 0 spiro atoms. The van der Waals surface area contributed by atoms with Gasteiger partial charge in [0.2, 0.25) is 0 Å². The second-order valence-corrected chi connectivity index (χ2v) is 4.56. The number of nitrogens with one attached hydrogen (secondary N) is 1. The van der Waals surface area contributed by atoms with Crippen LogP contribution in [-0.2, 0) is 4.74 Å². The summed E-state index contributed by atoms with van der Waals surface area (Å²) in [4.78, 5) is 2.15. The molecule has 0 aromatic heterocycles. The molecule has 0 bridgehead atoms. The van der Waals surface area contributed by atoms with Crippen LogP contribution in [0.15, 0.2) is 24.3 Å². The first-order valence-corrected chi connectivity index (χ1v) is 6.96. The highest BCUT2D eigenvalue weighted by molar-refractivity contribution is 5.55. The third kappa shape index (κ3) is 5.09. The Morgan fingerprint density at radius 3 is 2.42 bits per heavy atom. The van der Waals surface area contributed by atoms with E-state index in [1.165, 1.54) is 0 Å². The van der Waals surface area contributed by atoms with Gasteiger partial charge < -0.3 is 20.1 Å². The molecule has 0 aliphatic carbocycles. The minimum atomic E-state index is 0.180. The van der Waals surface area contributed by atoms with Crippen molar-refractivity contribution in [2.24, 2.45) is 0 Å². The van der Waals surface area contributed by atoms with Crippen molar-refractivity contribution in [3.05, 3.63) is 24.3 Å². The molecule has 0 radical (unpaired) electrons. The fraction of sp³-hybridized carbons (Fsp3) is 0.600. The SMILES string of the molecule is CCC(COC)Nc1ccc(N(CC)CCO)cc1. The van der Waals surface area contributed by atoms with E-state index in [1.54, 1.807) is 7.11 Å². The van der Waals surface area contributed by atoms with Crippen LogP contribution in [0.25, 0.3) is 0 Å². The van der Waals surface area contributed by atoms with Crippen LogP contribution in [0.4, 0.5) is 11.4 Å². The zero-order chi connectivity index (χ0) is 14.1. The van der Waals surface area contributed by atoms with Crippen LogP contribution < -0.4 is 10.2 Å². The number of methoxy groups -OCH3 is 1. The van der Waals surface area contributed by atoms with Gasteiger partial charge in [-0.25, -0.2) is 0 Å². The van der Waals surface area contributed by atoms with E-state index in [1.807, 2.05) is 0 Å². The van der Waals surface area contributed by atoms with E-state index in [-0.39, 0.29) is 6.61 Å². The summed E-state index contributed by atoms with van der Waals surface area (Å²) in [5, 5.41) is 12.5. The van der Waals surface area contributed by atoms with Crippen molar-refractivity contribution < 1.29 is 9.84 Å². The maximum Gasteiger partial charge on any atom is 0.0663 e. The van der Waals surface area contributed by atoms with Crippen molar-refractivity contribution >= 4 is 11.4 Å². The van der Waals surface area contributed by atoms with Crippen LogP contribution in [-0.4, -0.2) is 44.6 Å². The summed E-state index contributed by atoms with van der Waals surface area (Å²) in [6.07, 6.45) is 1.03. The Labute approximate surface area is 116 Å². The van der Waals surface area contributed by atoms with Crippen molar-refractivity contribution in [3.8, 4) is 0 Å². The number of aliphatic hydroxyl groups excluding tert-OH is 1. The standard InChI is InChI=1S/C15H26N2O2/c1-4-13(12-19-3)16-14-6-8-15(9-7-14)17(5-2)10-11-18/h6-9,13,16,18H,4-5,10-12H2,1-3H3. The van der Waals surface area contributed by atoms with Crippen LogP contribution in [0.1, 0.15) is 20.3 Å². The first-order chi connectivity index (χ1) is 9.24. The molecule has 1 aromatic carbocycles. The second kappa shape index (κ2) is 8.77. The second-order valence-electron chi connectivity index (χ2n) is 4.56. The zero-order valence-electron chi connectivity index (χ0n) is 12.2. The molecule has 0 saturated carbocycles. The summed E-state index contributed by atoms with van der Waals surface area (Å²) >= 11 is 0. The highest BCUT2D eigenvalue weighted by Crippen LogP contribution is 2.18. The number of hydrogen-bond donors (Lipinski definition) is 2. The summed E-state index contributed by atoms with van der Waals surface area (Å²) in [5.41, 5.74) is 2.24. The summed E-state index contributed by atoms with van der Waals surface area (Å²) in [6.45, 7) is 6.70. The van der Waals surface area contributed by atoms with E-state index in [4.69, 9.17) is 9.84 Å². The molecule has 0 aliphatic rings. The lowest BCUT2D eigenvalue weighted by molar-refractivity contribution is 0.184. The number of aliphatic hydroxyl groups is 1. The van der Waals surface area contributed by atoms with Crippen LogP contribution in [0.2, 0.25) is 0 Å². The predicted molar refractivity (Wildman–Crippen MR) is 81.0 cm³/mol. The van der Waals surface area contributed by atoms with E-state index in [9.17, 15) is 0 Å². The third-order valence-corrected chi connectivity index (χ3v) is 3.22. The third-order valence-electron chi connectivity index (χ3n) is 3.22. The maximum atomic E-state index is 9.03. The molecule has 0 amide bonds. The van der Waals surface area contributed by atoms with E-state index in [0.29, 0.717) is 19.2 Å². The molecule has 0 heterocycles. The molecular formula is C15H26N2O2. The average Bonchev–Trinajstić information content (AvgIpc) is 2.45. The van der Waals surface area contributed by atoms with Gasteiger partial charge >= 0.3 is 0 Å². The lowest BCUT2D eigenvalue weighted by atomic mass is 10.2. The molecule has 0 aliphatic heterocycles. The monoisotopic (exact) mass is 266 g/mol. The highest BCUT2D eigenvalue weighted by atomic mass is 16.5. The summed E-state index contributed by atoms with van der Waals surface area (Å²) in [7, 11) is 1.72. The number of ether oxygens (including phenoxy) is 1. The highest BCUT2D eigenvalue weighted by Gasteiger charge is 2.06. The number of nitrogens with zero attached hydrogens (tertiary/aromatic N) is 1. The zero-order valence-corrected chi connectivity index (χ0v) is 12.2. The largest absolute Gasteiger partial charge is 0.395 e. The molecule has 1 rings (SSSR count). The van der Waals surface area contributed by atoms with Crippen molar-refractivity contribution in [3.63, 3.8) is 0 Å². The van der Waals surface area contributed by atoms with E-state index >= 15 is 0 Å². The Balaban J connectivity index is 2.64. The van der Waals surface area contributed by atoms with Crippen molar-refractivity contribution in [2.75, 3.05) is 43.6 Å². The fourth-order valence-electron chi connectivity index (χ4n) is 2.06. The topological polar surface area (TPSA) is 44.7 Å². The molecule has 0 fully saturated rings. The molecule has 1 unspecified atom stereocenters. The summed E-state index contributed by atoms with van der Waals surface area (Å²) in [6, 6.07) is 8.67. The average molecular weight is 266 g/mol. The smallest absolute Gasteiger partial charge is 0.0663 e. The summed E-state index contributed by atoms with van der Waals surface area (Å²) in [5.74, 6) is 0. The minimum absolute atomic E-state index is 0.180. The molecule has 108 valence electrons. The molecule has 1 aromatic rings. The van der Waals surface area contributed by atoms with Crippen LogP contribution in [0, 0.1) is 0 Å². The van der Waals surface area contributed by atoms with Crippen molar-refractivity contribution in [2.45, 2.75) is 26.3 Å². The number of likely N-dealkylation sites (N-methyl/N-ethyl adjacent to an activating group) is 1. The Morgan fingerprint density at radius 1 is 1.26 bits per heavy atom. The van der Waals surface area contributed by atoms with E-state index < -0.39 is 0 Å². The van der Waals surface area contributed by atoms with Gasteiger partial charge in [-0.2, -0.15) is 0 Å². The quantitative estimate of drug-likeness (QED) is 0.720. The molecule has 4 heteroatoms. The number of anilines is 2. The molecule has 4 nitrogen and oxygen atoms in total. The Bertz CT molecular complexity index is 341. The van der Waals surface area contributed by atoms with Crippen LogP contribution in [0.3, 0.4) is 0 Å². The van der Waals surface area contributed by atoms with E-state index in [2.05, 4.69) is 48.3 Å². The maximum absolute atomic E-state index is 9.03. The minimum Gasteiger partial charge on any atom is -0.395 e. The fourth-order valence-corrected chi connectivity index (χ4v) is 2.06. The van der Waals surface area contributed by atoms with Gasteiger partial charge in [0.25, 0.3) is 0 Å². The first kappa shape index (κ1) is 15.8. The number of benzene rings is 1. The molecular weight excluding hydrogens is 240 g/mol. The van der Waals surface area contributed by atoms with Gasteiger partial charge in [0.05, 0.1) is 13.2 Å². The molecule has 1 atom stereocenters. The van der Waals surface area contributed by atoms with Crippen molar-refractivity contribution in [1.29, 1.82) is 0 Å². The van der Waals surface area contributed by atoms with Gasteiger partial charge in [-0.05, 0) is 37.6 Å². The van der Waals surface area contributed by atoms with Crippen LogP contribution in [0.5, 0.6) is 0 Å². The predicted octanol–water partition coefficient (Wildman–Crippen LogP) is 2.34. The molecule has 0 saturated heterocycles. The van der Waals surface area contributed by atoms with Gasteiger partial charge in [0, 0.05) is 37.6 Å². The van der Waals surface area contributed by atoms with E-state index in [0.717, 1.165) is 24.3 Å². The summed E-state index contributed by atoms with van der Waals surface area (Å²) < 4.78 is 5.18. The Hall–Kier alpha value is -1.26. The van der Waals surface area contributed by atoms with Gasteiger partial charge in [-0.15, -0.1) is 0 Å². The molecule has 2 N–H and O–H groups in total. The lowest BCUT2D eigenvalue weighted by Gasteiger charge is -2.23.